The van der Waals surface area contributed by atoms with Gasteiger partial charge < -0.3 is 14.9 Å². The summed E-state index contributed by atoms with van der Waals surface area (Å²) in [5.74, 6) is -0.0373. The minimum Gasteiger partial charge on any atom is -0.444 e. The Morgan fingerprint density at radius 2 is 2.06 bits per heavy atom. The summed E-state index contributed by atoms with van der Waals surface area (Å²) in [6, 6.07) is -0.551. The van der Waals surface area contributed by atoms with E-state index >= 15 is 0 Å². The molecule has 0 aromatic rings. The highest BCUT2D eigenvalue weighted by Gasteiger charge is 2.42. The minimum atomic E-state index is -0.683. The van der Waals surface area contributed by atoms with Crippen LogP contribution in [-0.4, -0.2) is 52.1 Å². The number of carbonyl (C=O) groups excluding carboxylic acids is 1. The molecule has 3 atom stereocenters. The molecule has 1 rings (SSSR count). The molecule has 1 amide bonds. The first kappa shape index (κ1) is 13.3. The monoisotopic (exact) mass is 231 g/mol. The van der Waals surface area contributed by atoms with E-state index in [-0.39, 0.29) is 12.5 Å². The van der Waals surface area contributed by atoms with Gasteiger partial charge >= 0.3 is 6.09 Å². The Morgan fingerprint density at radius 3 is 2.50 bits per heavy atom. The number of aliphatic hydroxyl groups excluding tert-OH is 2. The maximum atomic E-state index is 11.8. The molecule has 0 unspecified atom stereocenters. The molecule has 1 aliphatic rings. The predicted octanol–water partition coefficient (Wildman–Crippen LogP) is 0.595. The lowest BCUT2D eigenvalue weighted by atomic mass is 10.1. The van der Waals surface area contributed by atoms with E-state index in [1.54, 1.807) is 20.8 Å². The van der Waals surface area contributed by atoms with Gasteiger partial charge in [-0.2, -0.15) is 0 Å². The van der Waals surface area contributed by atoms with Crippen LogP contribution in [0.5, 0.6) is 0 Å². The summed E-state index contributed by atoms with van der Waals surface area (Å²) in [6.07, 6.45) is -1.16. The smallest absolute Gasteiger partial charge is 0.410 e. The molecule has 0 aliphatic carbocycles. The zero-order valence-corrected chi connectivity index (χ0v) is 10.3. The van der Waals surface area contributed by atoms with E-state index in [4.69, 9.17) is 9.84 Å². The molecule has 5 nitrogen and oxygen atoms in total. The van der Waals surface area contributed by atoms with Crippen LogP contribution in [0.15, 0.2) is 0 Å². The third-order valence-corrected chi connectivity index (χ3v) is 2.68. The molecule has 0 aromatic carbocycles. The van der Waals surface area contributed by atoms with Crippen molar-refractivity contribution >= 4 is 6.09 Å². The molecule has 1 saturated heterocycles. The van der Waals surface area contributed by atoms with Crippen molar-refractivity contribution in [2.45, 2.75) is 45.4 Å². The fourth-order valence-corrected chi connectivity index (χ4v) is 1.85. The summed E-state index contributed by atoms with van der Waals surface area (Å²) >= 11 is 0. The van der Waals surface area contributed by atoms with E-state index in [0.717, 1.165) is 0 Å². The molecule has 0 saturated carbocycles. The third-order valence-electron chi connectivity index (χ3n) is 2.68. The minimum absolute atomic E-state index is 0.0373. The number of likely N-dealkylation sites (tertiary alicyclic amines) is 1. The predicted molar refractivity (Wildman–Crippen MR) is 59.0 cm³/mol. The molecule has 1 heterocycles. The van der Waals surface area contributed by atoms with E-state index in [1.807, 2.05) is 6.92 Å². The number of aliphatic hydroxyl groups is 2. The van der Waals surface area contributed by atoms with Gasteiger partial charge in [-0.3, -0.25) is 4.90 Å². The van der Waals surface area contributed by atoms with Gasteiger partial charge in [0.25, 0.3) is 0 Å². The van der Waals surface area contributed by atoms with Crippen LogP contribution in [0, 0.1) is 5.92 Å². The zero-order chi connectivity index (χ0) is 12.5. The molecule has 0 spiro atoms. The SMILES string of the molecule is C[C@H]1CN(C(=O)OC(C)(C)C)[C@H](CO)[C@H]1O. The Bertz CT molecular complexity index is 261. The van der Waals surface area contributed by atoms with Gasteiger partial charge in [0.15, 0.2) is 0 Å². The van der Waals surface area contributed by atoms with Crippen LogP contribution in [0.4, 0.5) is 4.79 Å². The Hall–Kier alpha value is -0.810. The van der Waals surface area contributed by atoms with Gasteiger partial charge in [-0.15, -0.1) is 0 Å². The fraction of sp³-hybridized carbons (Fsp3) is 0.909. The standard InChI is InChI=1S/C11H21NO4/c1-7-5-12(8(6-13)9(7)14)10(15)16-11(2,3)4/h7-9,13-14H,5-6H2,1-4H3/t7-,8+,9-/m0/s1. The van der Waals surface area contributed by atoms with E-state index in [0.29, 0.717) is 6.54 Å². The van der Waals surface area contributed by atoms with Crippen LogP contribution >= 0.6 is 0 Å². The molecular formula is C11H21NO4. The summed E-state index contributed by atoms with van der Waals surface area (Å²) in [7, 11) is 0. The summed E-state index contributed by atoms with van der Waals surface area (Å²) in [5.41, 5.74) is -0.562. The lowest BCUT2D eigenvalue weighted by molar-refractivity contribution is 0.00593. The average molecular weight is 231 g/mol. The number of hydrogen-bond donors (Lipinski definition) is 2. The number of hydrogen-bond acceptors (Lipinski definition) is 4. The quantitative estimate of drug-likeness (QED) is 0.693. The molecule has 0 radical (unpaired) electrons. The van der Waals surface area contributed by atoms with Crippen LogP contribution in [0.3, 0.4) is 0 Å². The maximum absolute atomic E-state index is 11.8. The molecule has 1 aliphatic heterocycles. The number of nitrogens with zero attached hydrogens (tertiary/aromatic N) is 1. The van der Waals surface area contributed by atoms with Gasteiger partial charge in [0, 0.05) is 12.5 Å². The van der Waals surface area contributed by atoms with Crippen molar-refractivity contribution in [1.82, 2.24) is 4.90 Å². The largest absolute Gasteiger partial charge is 0.444 e. The second-order valence-electron chi connectivity index (χ2n) is 5.35. The zero-order valence-electron chi connectivity index (χ0n) is 10.3. The van der Waals surface area contributed by atoms with Crippen molar-refractivity contribution in [3.8, 4) is 0 Å². The Kier molecular flexibility index (Phi) is 3.80. The van der Waals surface area contributed by atoms with Crippen molar-refractivity contribution in [1.29, 1.82) is 0 Å². The third kappa shape index (κ3) is 2.86. The van der Waals surface area contributed by atoms with E-state index < -0.39 is 23.8 Å². The van der Waals surface area contributed by atoms with Gasteiger partial charge in [0.05, 0.1) is 18.8 Å². The second kappa shape index (κ2) is 4.59. The normalized spacial score (nSPS) is 30.6. The van der Waals surface area contributed by atoms with Crippen LogP contribution in [0.1, 0.15) is 27.7 Å². The second-order valence-corrected chi connectivity index (χ2v) is 5.35. The number of rotatable bonds is 1. The van der Waals surface area contributed by atoms with Crippen LogP contribution in [-0.2, 0) is 4.74 Å². The first-order valence-corrected chi connectivity index (χ1v) is 5.55. The van der Waals surface area contributed by atoms with Gasteiger partial charge in [0.2, 0.25) is 0 Å². The molecule has 5 heteroatoms. The van der Waals surface area contributed by atoms with Crippen LogP contribution in [0.25, 0.3) is 0 Å². The molecule has 0 aromatic heterocycles. The molecule has 94 valence electrons. The summed E-state index contributed by atoms with van der Waals surface area (Å²) in [4.78, 5) is 13.2. The first-order chi connectivity index (χ1) is 7.26. The van der Waals surface area contributed by atoms with Crippen LogP contribution in [0.2, 0.25) is 0 Å². The van der Waals surface area contributed by atoms with Crippen molar-refractivity contribution in [3.63, 3.8) is 0 Å². The highest BCUT2D eigenvalue weighted by atomic mass is 16.6. The van der Waals surface area contributed by atoms with Crippen molar-refractivity contribution in [2.24, 2.45) is 5.92 Å². The molecule has 0 bridgehead atoms. The highest BCUT2D eigenvalue weighted by molar-refractivity contribution is 5.69. The molecule has 1 fully saturated rings. The number of ether oxygens (including phenoxy) is 1. The summed E-state index contributed by atoms with van der Waals surface area (Å²) in [6.45, 7) is 7.38. The van der Waals surface area contributed by atoms with E-state index in [2.05, 4.69) is 0 Å². The molecular weight excluding hydrogens is 210 g/mol. The van der Waals surface area contributed by atoms with Gasteiger partial charge in [-0.1, -0.05) is 6.92 Å². The topological polar surface area (TPSA) is 70.0 Å². The van der Waals surface area contributed by atoms with Crippen LogP contribution < -0.4 is 0 Å². The Balaban J connectivity index is 2.69. The maximum Gasteiger partial charge on any atom is 0.410 e. The van der Waals surface area contributed by atoms with Gasteiger partial charge in [-0.05, 0) is 20.8 Å². The van der Waals surface area contributed by atoms with Gasteiger partial charge in [-0.25, -0.2) is 4.79 Å². The van der Waals surface area contributed by atoms with Gasteiger partial charge in [0.1, 0.15) is 5.60 Å². The fourth-order valence-electron chi connectivity index (χ4n) is 1.85. The Labute approximate surface area is 96.0 Å². The highest BCUT2D eigenvalue weighted by Crippen LogP contribution is 2.25. The Morgan fingerprint density at radius 1 is 1.50 bits per heavy atom. The van der Waals surface area contributed by atoms with Crippen molar-refractivity contribution < 1.29 is 19.7 Å². The van der Waals surface area contributed by atoms with Crippen molar-refractivity contribution in [2.75, 3.05) is 13.2 Å². The summed E-state index contributed by atoms with van der Waals surface area (Å²) < 4.78 is 5.22. The lowest BCUT2D eigenvalue weighted by Crippen LogP contribution is -2.44. The lowest BCUT2D eigenvalue weighted by Gasteiger charge is -2.28. The average Bonchev–Trinajstić information content (AvgIpc) is 2.40. The number of amides is 1. The van der Waals surface area contributed by atoms with Crippen molar-refractivity contribution in [3.05, 3.63) is 0 Å². The first-order valence-electron chi connectivity index (χ1n) is 5.55. The molecule has 16 heavy (non-hydrogen) atoms. The molecule has 2 N–H and O–H groups in total. The van der Waals surface area contributed by atoms with E-state index in [9.17, 15) is 9.90 Å². The van der Waals surface area contributed by atoms with E-state index in [1.165, 1.54) is 4.90 Å². The summed E-state index contributed by atoms with van der Waals surface area (Å²) in [5, 5.41) is 18.9. The number of carbonyl (C=O) groups is 1.